The number of fused-ring (bicyclic) bond motifs is 1. The Kier molecular flexibility index (Phi) is 4.38. The zero-order valence-electron chi connectivity index (χ0n) is 14.7. The number of halogens is 3. The molecule has 2 aromatic carbocycles. The Morgan fingerprint density at radius 3 is 2.48 bits per heavy atom. The molecule has 2 heterocycles. The molecule has 0 spiro atoms. The van der Waals surface area contributed by atoms with Crippen LogP contribution >= 0.6 is 0 Å². The van der Waals surface area contributed by atoms with Gasteiger partial charge in [-0.25, -0.2) is 4.79 Å². The maximum atomic E-state index is 13.5. The van der Waals surface area contributed by atoms with E-state index in [1.165, 1.54) is 42.5 Å². The number of amides is 2. The topological polar surface area (TPSA) is 96.9 Å². The van der Waals surface area contributed by atoms with E-state index in [0.717, 1.165) is 0 Å². The van der Waals surface area contributed by atoms with Gasteiger partial charge in [-0.3, -0.25) is 4.79 Å². The van der Waals surface area contributed by atoms with Gasteiger partial charge in [0.1, 0.15) is 5.92 Å². The molecule has 1 fully saturated rings. The molecule has 2 aliphatic rings. The van der Waals surface area contributed by atoms with Gasteiger partial charge >= 0.3 is 12.2 Å². The third-order valence-corrected chi connectivity index (χ3v) is 4.91. The summed E-state index contributed by atoms with van der Waals surface area (Å²) in [6.07, 6.45) is -5.24. The van der Waals surface area contributed by atoms with Crippen LogP contribution in [0.5, 0.6) is 11.5 Å². The largest absolute Gasteiger partial charge is 0.454 e. The van der Waals surface area contributed by atoms with Crippen molar-refractivity contribution in [1.82, 2.24) is 10.6 Å². The zero-order valence-corrected chi connectivity index (χ0v) is 14.7. The molecule has 2 amide bonds. The smallest absolute Gasteiger partial charge is 0.450 e. The van der Waals surface area contributed by atoms with E-state index in [4.69, 9.17) is 9.47 Å². The van der Waals surface area contributed by atoms with Crippen molar-refractivity contribution in [3.05, 3.63) is 59.7 Å². The van der Waals surface area contributed by atoms with Crippen LogP contribution in [0.15, 0.2) is 48.5 Å². The highest BCUT2D eigenvalue weighted by Gasteiger charge is 2.59. The zero-order chi connectivity index (χ0) is 20.8. The second-order valence-electron chi connectivity index (χ2n) is 6.66. The Morgan fingerprint density at radius 1 is 1.10 bits per heavy atom. The highest BCUT2D eigenvalue weighted by atomic mass is 19.4. The van der Waals surface area contributed by atoms with Crippen molar-refractivity contribution in [2.24, 2.45) is 5.92 Å². The Morgan fingerprint density at radius 2 is 1.79 bits per heavy atom. The Balaban J connectivity index is 1.86. The Labute approximate surface area is 162 Å². The lowest BCUT2D eigenvalue weighted by atomic mass is 9.76. The number of urea groups is 1. The van der Waals surface area contributed by atoms with Gasteiger partial charge in [0.05, 0.1) is 6.04 Å². The first-order valence-corrected chi connectivity index (χ1v) is 8.57. The molecule has 4 rings (SSSR count). The maximum absolute atomic E-state index is 13.5. The van der Waals surface area contributed by atoms with Crippen molar-refractivity contribution in [2.45, 2.75) is 17.9 Å². The van der Waals surface area contributed by atoms with Crippen LogP contribution in [0.1, 0.15) is 17.2 Å². The van der Waals surface area contributed by atoms with Crippen LogP contribution < -0.4 is 20.1 Å². The third-order valence-electron chi connectivity index (χ3n) is 4.91. The predicted molar refractivity (Wildman–Crippen MR) is 91.9 cm³/mol. The minimum absolute atomic E-state index is 0.0526. The molecule has 2 aromatic rings. The average molecular weight is 408 g/mol. The fourth-order valence-corrected chi connectivity index (χ4v) is 3.60. The van der Waals surface area contributed by atoms with Gasteiger partial charge in [-0.05, 0) is 17.7 Å². The summed E-state index contributed by atoms with van der Waals surface area (Å²) in [7, 11) is 0. The van der Waals surface area contributed by atoms with E-state index in [2.05, 4.69) is 10.6 Å². The standard InChI is InChI=1S/C19H15F3N2O5/c20-19(21,22)16(25)14-15(10-6-7-12-13(8-10)29-9-28-12)23-17(26)24-18(14,27)11-4-2-1-3-5-11/h1-8,14-15,27H,9H2,(H2,23,24,26)/t14-,15-,18-/m1/s1. The summed E-state index contributed by atoms with van der Waals surface area (Å²) in [5.74, 6) is -3.63. The van der Waals surface area contributed by atoms with Gasteiger partial charge in [0.25, 0.3) is 0 Å². The molecule has 152 valence electrons. The lowest BCUT2D eigenvalue weighted by Gasteiger charge is -2.45. The van der Waals surface area contributed by atoms with E-state index in [9.17, 15) is 27.9 Å². The number of alkyl halides is 3. The molecule has 29 heavy (non-hydrogen) atoms. The minimum Gasteiger partial charge on any atom is -0.454 e. The van der Waals surface area contributed by atoms with E-state index in [0.29, 0.717) is 5.75 Å². The van der Waals surface area contributed by atoms with Crippen molar-refractivity contribution in [3.63, 3.8) is 0 Å². The fourth-order valence-electron chi connectivity index (χ4n) is 3.60. The molecule has 3 atom stereocenters. The number of Topliss-reactive ketones (excluding diaryl/α,β-unsaturated/α-hetero) is 1. The SMILES string of the molecule is O=C1N[C@H](c2ccc3c(c2)OCO3)[C@H](C(=O)C(F)(F)F)[C@](O)(c2ccccc2)N1. The van der Waals surface area contributed by atoms with Crippen molar-refractivity contribution in [2.75, 3.05) is 6.79 Å². The van der Waals surface area contributed by atoms with Crippen LogP contribution in [0.3, 0.4) is 0 Å². The summed E-state index contributed by atoms with van der Waals surface area (Å²) < 4.78 is 50.8. The summed E-state index contributed by atoms with van der Waals surface area (Å²) >= 11 is 0. The quantitative estimate of drug-likeness (QED) is 0.725. The molecule has 0 saturated carbocycles. The van der Waals surface area contributed by atoms with Crippen molar-refractivity contribution in [1.29, 1.82) is 0 Å². The number of rotatable bonds is 3. The number of carbonyl (C=O) groups is 2. The van der Waals surface area contributed by atoms with Gasteiger partial charge in [0.15, 0.2) is 17.2 Å². The first kappa shape index (κ1) is 19.1. The van der Waals surface area contributed by atoms with Gasteiger partial charge in [0, 0.05) is 5.56 Å². The number of carbonyl (C=O) groups excluding carboxylic acids is 2. The number of ether oxygens (including phenoxy) is 2. The van der Waals surface area contributed by atoms with E-state index in [1.54, 1.807) is 6.07 Å². The molecule has 2 aliphatic heterocycles. The molecule has 0 aromatic heterocycles. The van der Waals surface area contributed by atoms with E-state index in [-0.39, 0.29) is 23.7 Å². The summed E-state index contributed by atoms with van der Waals surface area (Å²) in [6, 6.07) is 9.06. The number of ketones is 1. The second kappa shape index (κ2) is 6.66. The van der Waals surface area contributed by atoms with E-state index in [1.807, 2.05) is 0 Å². The summed E-state index contributed by atoms with van der Waals surface area (Å²) in [5.41, 5.74) is -2.48. The third kappa shape index (κ3) is 3.25. The number of nitrogens with one attached hydrogen (secondary N) is 2. The summed E-state index contributed by atoms with van der Waals surface area (Å²) in [6.45, 7) is -0.0593. The van der Waals surface area contributed by atoms with E-state index >= 15 is 0 Å². The Bertz CT molecular complexity index is 966. The number of hydrogen-bond acceptors (Lipinski definition) is 5. The van der Waals surface area contributed by atoms with Crippen LogP contribution in [0.25, 0.3) is 0 Å². The molecule has 3 N–H and O–H groups in total. The number of benzene rings is 2. The molecule has 0 radical (unpaired) electrons. The van der Waals surface area contributed by atoms with Gasteiger partial charge in [-0.15, -0.1) is 0 Å². The van der Waals surface area contributed by atoms with Gasteiger partial charge < -0.3 is 25.2 Å². The average Bonchev–Trinajstić information content (AvgIpc) is 3.14. The van der Waals surface area contributed by atoms with E-state index < -0.39 is 35.7 Å². The Hall–Kier alpha value is -3.27. The normalized spacial score (nSPS) is 25.9. The van der Waals surface area contributed by atoms with Gasteiger partial charge in [0.2, 0.25) is 12.6 Å². The fraction of sp³-hybridized carbons (Fsp3) is 0.263. The first-order valence-electron chi connectivity index (χ1n) is 8.57. The lowest BCUT2D eigenvalue weighted by molar-refractivity contribution is -0.190. The summed E-state index contributed by atoms with van der Waals surface area (Å²) in [5, 5.41) is 15.6. The maximum Gasteiger partial charge on any atom is 0.450 e. The van der Waals surface area contributed by atoms with Crippen LogP contribution in [0.4, 0.5) is 18.0 Å². The van der Waals surface area contributed by atoms with Crippen LogP contribution in [-0.2, 0) is 10.5 Å². The van der Waals surface area contributed by atoms with Crippen LogP contribution in [-0.4, -0.2) is 29.9 Å². The van der Waals surface area contributed by atoms with Crippen molar-refractivity contribution in [3.8, 4) is 11.5 Å². The number of aliphatic hydroxyl groups is 1. The molecular formula is C19H15F3N2O5. The van der Waals surface area contributed by atoms with Gasteiger partial charge in [-0.1, -0.05) is 36.4 Å². The monoisotopic (exact) mass is 408 g/mol. The minimum atomic E-state index is -5.24. The summed E-state index contributed by atoms with van der Waals surface area (Å²) in [4.78, 5) is 24.7. The van der Waals surface area contributed by atoms with Crippen LogP contribution in [0, 0.1) is 5.92 Å². The van der Waals surface area contributed by atoms with Crippen molar-refractivity contribution >= 4 is 11.8 Å². The molecule has 1 saturated heterocycles. The highest BCUT2D eigenvalue weighted by Crippen LogP contribution is 2.44. The molecule has 0 bridgehead atoms. The predicted octanol–water partition coefficient (Wildman–Crippen LogP) is 2.36. The molecule has 7 nitrogen and oxygen atoms in total. The molecule has 10 heteroatoms. The first-order chi connectivity index (χ1) is 13.7. The second-order valence-corrected chi connectivity index (χ2v) is 6.66. The number of hydrogen-bond donors (Lipinski definition) is 3. The molecule has 0 aliphatic carbocycles. The molecule has 0 unspecified atom stereocenters. The molecular weight excluding hydrogens is 393 g/mol. The lowest BCUT2D eigenvalue weighted by Crippen LogP contribution is -2.66. The van der Waals surface area contributed by atoms with Crippen molar-refractivity contribution < 1.29 is 37.3 Å². The highest BCUT2D eigenvalue weighted by molar-refractivity contribution is 5.91. The van der Waals surface area contributed by atoms with Crippen LogP contribution in [0.2, 0.25) is 0 Å². The van der Waals surface area contributed by atoms with Gasteiger partial charge in [-0.2, -0.15) is 13.2 Å².